The van der Waals surface area contributed by atoms with Gasteiger partial charge in [0.1, 0.15) is 0 Å². The van der Waals surface area contributed by atoms with E-state index in [2.05, 4.69) is 0 Å². The minimum atomic E-state index is -0.0544. The molecule has 0 radical (unpaired) electrons. The molecule has 0 fully saturated rings. The van der Waals surface area contributed by atoms with Crippen molar-refractivity contribution in [3.05, 3.63) is 58.1 Å². The normalized spacial score (nSPS) is 10.4. The summed E-state index contributed by atoms with van der Waals surface area (Å²) in [5.74, 6) is 0. The summed E-state index contributed by atoms with van der Waals surface area (Å²) in [6.45, 7) is -0.0544. The Balaban J connectivity index is 2.60. The first kappa shape index (κ1) is 11.5. The molecular weight excluding hydrogens is 243 g/mol. The number of hydrogen-bond donors (Lipinski definition) is 1. The molecule has 0 unspecified atom stereocenters. The van der Waals surface area contributed by atoms with Crippen molar-refractivity contribution in [2.24, 2.45) is 0 Å². The van der Waals surface area contributed by atoms with E-state index < -0.39 is 0 Å². The summed E-state index contributed by atoms with van der Waals surface area (Å²) in [7, 11) is 0. The van der Waals surface area contributed by atoms with Gasteiger partial charge in [-0.1, -0.05) is 47.5 Å². The fourth-order valence-corrected chi connectivity index (χ4v) is 2.07. The molecule has 3 heteroatoms. The van der Waals surface area contributed by atoms with Gasteiger partial charge in [-0.2, -0.15) is 0 Å². The molecule has 0 heterocycles. The SMILES string of the molecule is OCc1cc(Cl)ccc1-c1ccccc1Cl. The van der Waals surface area contributed by atoms with E-state index in [1.54, 1.807) is 12.1 Å². The van der Waals surface area contributed by atoms with Crippen molar-refractivity contribution < 1.29 is 5.11 Å². The van der Waals surface area contributed by atoms with Gasteiger partial charge in [0.2, 0.25) is 0 Å². The number of aliphatic hydroxyl groups is 1. The van der Waals surface area contributed by atoms with Crippen molar-refractivity contribution in [1.82, 2.24) is 0 Å². The van der Waals surface area contributed by atoms with Crippen LogP contribution in [-0.2, 0) is 6.61 Å². The maximum Gasteiger partial charge on any atom is 0.0688 e. The Bertz CT molecular complexity index is 509. The molecule has 0 aliphatic rings. The summed E-state index contributed by atoms with van der Waals surface area (Å²) in [6, 6.07) is 12.9. The molecule has 0 amide bonds. The zero-order chi connectivity index (χ0) is 11.5. The Morgan fingerprint density at radius 2 is 1.69 bits per heavy atom. The fourth-order valence-electron chi connectivity index (χ4n) is 1.64. The van der Waals surface area contributed by atoms with E-state index in [4.69, 9.17) is 23.2 Å². The average molecular weight is 253 g/mol. The number of rotatable bonds is 2. The van der Waals surface area contributed by atoms with Crippen LogP contribution in [0.1, 0.15) is 5.56 Å². The van der Waals surface area contributed by atoms with Crippen LogP contribution in [0, 0.1) is 0 Å². The van der Waals surface area contributed by atoms with Crippen molar-refractivity contribution in [3.63, 3.8) is 0 Å². The minimum Gasteiger partial charge on any atom is -0.392 e. The first-order valence-corrected chi connectivity index (χ1v) is 5.62. The number of benzene rings is 2. The van der Waals surface area contributed by atoms with Crippen LogP contribution in [0.15, 0.2) is 42.5 Å². The predicted molar refractivity (Wildman–Crippen MR) is 67.8 cm³/mol. The molecule has 0 spiro atoms. The van der Waals surface area contributed by atoms with Crippen LogP contribution >= 0.6 is 23.2 Å². The Kier molecular flexibility index (Phi) is 3.49. The van der Waals surface area contributed by atoms with Gasteiger partial charge in [0, 0.05) is 15.6 Å². The van der Waals surface area contributed by atoms with Crippen LogP contribution in [0.2, 0.25) is 10.0 Å². The zero-order valence-corrected chi connectivity index (χ0v) is 9.96. The van der Waals surface area contributed by atoms with Gasteiger partial charge in [-0.05, 0) is 29.3 Å². The number of hydrogen-bond acceptors (Lipinski definition) is 1. The molecule has 2 aromatic rings. The lowest BCUT2D eigenvalue weighted by Gasteiger charge is -2.09. The maximum atomic E-state index is 9.29. The second-order valence-corrected chi connectivity index (χ2v) is 4.28. The van der Waals surface area contributed by atoms with Crippen molar-refractivity contribution in [1.29, 1.82) is 0 Å². The lowest BCUT2D eigenvalue weighted by Crippen LogP contribution is -1.90. The summed E-state index contributed by atoms with van der Waals surface area (Å²) in [4.78, 5) is 0. The highest BCUT2D eigenvalue weighted by atomic mass is 35.5. The van der Waals surface area contributed by atoms with Crippen molar-refractivity contribution >= 4 is 23.2 Å². The molecule has 0 saturated heterocycles. The highest BCUT2D eigenvalue weighted by molar-refractivity contribution is 6.33. The smallest absolute Gasteiger partial charge is 0.0688 e. The van der Waals surface area contributed by atoms with Gasteiger partial charge in [-0.3, -0.25) is 0 Å². The van der Waals surface area contributed by atoms with Gasteiger partial charge in [0.25, 0.3) is 0 Å². The van der Waals surface area contributed by atoms with Crippen LogP contribution in [0.4, 0.5) is 0 Å². The summed E-state index contributed by atoms with van der Waals surface area (Å²) in [5, 5.41) is 10.6. The molecule has 0 aromatic heterocycles. The quantitative estimate of drug-likeness (QED) is 0.852. The third-order valence-corrected chi connectivity index (χ3v) is 2.97. The molecule has 0 bridgehead atoms. The van der Waals surface area contributed by atoms with Gasteiger partial charge < -0.3 is 5.11 Å². The summed E-state index contributed by atoms with van der Waals surface area (Å²) < 4.78 is 0. The molecule has 16 heavy (non-hydrogen) atoms. The molecule has 0 aliphatic heterocycles. The number of aliphatic hydroxyl groups excluding tert-OH is 1. The highest BCUT2D eigenvalue weighted by Gasteiger charge is 2.07. The Morgan fingerprint density at radius 1 is 0.938 bits per heavy atom. The lowest BCUT2D eigenvalue weighted by atomic mass is 10.0. The average Bonchev–Trinajstić information content (AvgIpc) is 2.30. The molecule has 0 aliphatic carbocycles. The summed E-state index contributed by atoms with van der Waals surface area (Å²) in [5.41, 5.74) is 2.60. The van der Waals surface area contributed by atoms with Crippen molar-refractivity contribution in [2.75, 3.05) is 0 Å². The Hall–Kier alpha value is -1.02. The van der Waals surface area contributed by atoms with E-state index in [9.17, 15) is 5.11 Å². The van der Waals surface area contributed by atoms with Gasteiger partial charge >= 0.3 is 0 Å². The van der Waals surface area contributed by atoms with E-state index in [1.165, 1.54) is 0 Å². The third kappa shape index (κ3) is 2.22. The van der Waals surface area contributed by atoms with Crippen LogP contribution < -0.4 is 0 Å². The van der Waals surface area contributed by atoms with Crippen LogP contribution in [0.25, 0.3) is 11.1 Å². The molecule has 0 atom stereocenters. The van der Waals surface area contributed by atoms with Crippen LogP contribution in [-0.4, -0.2) is 5.11 Å². The van der Waals surface area contributed by atoms with E-state index in [0.717, 1.165) is 16.7 Å². The lowest BCUT2D eigenvalue weighted by molar-refractivity contribution is 0.282. The topological polar surface area (TPSA) is 20.2 Å². The molecule has 1 N–H and O–H groups in total. The first-order chi connectivity index (χ1) is 7.72. The van der Waals surface area contributed by atoms with E-state index >= 15 is 0 Å². The molecule has 2 aromatic carbocycles. The Morgan fingerprint density at radius 3 is 2.38 bits per heavy atom. The van der Waals surface area contributed by atoms with Crippen LogP contribution in [0.3, 0.4) is 0 Å². The van der Waals surface area contributed by atoms with Crippen molar-refractivity contribution in [3.8, 4) is 11.1 Å². The molecule has 0 saturated carbocycles. The molecule has 1 nitrogen and oxygen atoms in total. The van der Waals surface area contributed by atoms with Gasteiger partial charge in [-0.25, -0.2) is 0 Å². The van der Waals surface area contributed by atoms with Gasteiger partial charge in [0.15, 0.2) is 0 Å². The van der Waals surface area contributed by atoms with Crippen LogP contribution in [0.5, 0.6) is 0 Å². The fraction of sp³-hybridized carbons (Fsp3) is 0.0769. The monoisotopic (exact) mass is 252 g/mol. The second kappa shape index (κ2) is 4.88. The minimum absolute atomic E-state index is 0.0544. The standard InChI is InChI=1S/C13H10Cl2O/c14-10-5-6-11(9(7-10)8-16)12-3-1-2-4-13(12)15/h1-7,16H,8H2. The number of halogens is 2. The maximum absolute atomic E-state index is 9.29. The highest BCUT2D eigenvalue weighted by Crippen LogP contribution is 2.31. The van der Waals surface area contributed by atoms with Gasteiger partial charge in [-0.15, -0.1) is 0 Å². The largest absolute Gasteiger partial charge is 0.392 e. The summed E-state index contributed by atoms with van der Waals surface area (Å²) in [6.07, 6.45) is 0. The van der Waals surface area contributed by atoms with Gasteiger partial charge in [0.05, 0.1) is 6.61 Å². The van der Waals surface area contributed by atoms with E-state index in [1.807, 2.05) is 30.3 Å². The second-order valence-electron chi connectivity index (χ2n) is 3.44. The van der Waals surface area contributed by atoms with Crippen molar-refractivity contribution in [2.45, 2.75) is 6.61 Å². The predicted octanol–water partition coefficient (Wildman–Crippen LogP) is 4.15. The Labute approximate surface area is 104 Å². The molecular formula is C13H10Cl2O. The molecule has 2 rings (SSSR count). The van der Waals surface area contributed by atoms with E-state index in [-0.39, 0.29) is 6.61 Å². The summed E-state index contributed by atoms with van der Waals surface area (Å²) >= 11 is 12.0. The van der Waals surface area contributed by atoms with E-state index in [0.29, 0.717) is 10.0 Å². The first-order valence-electron chi connectivity index (χ1n) is 4.86. The zero-order valence-electron chi connectivity index (χ0n) is 8.45. The third-order valence-electron chi connectivity index (χ3n) is 2.40. The molecule has 82 valence electrons.